The third kappa shape index (κ3) is 5.53. The lowest BCUT2D eigenvalue weighted by atomic mass is 9.86. The molecule has 1 aliphatic rings. The van der Waals surface area contributed by atoms with Gasteiger partial charge in [-0.3, -0.25) is 0 Å². The van der Waals surface area contributed by atoms with E-state index < -0.39 is 0 Å². The predicted octanol–water partition coefficient (Wildman–Crippen LogP) is 2.74. The van der Waals surface area contributed by atoms with Gasteiger partial charge in [-0.2, -0.15) is 0 Å². The first-order chi connectivity index (χ1) is 7.04. The second-order valence-corrected chi connectivity index (χ2v) is 5.12. The maximum absolute atomic E-state index is 3.64. The molecule has 0 radical (unpaired) electrons. The Morgan fingerprint density at radius 3 is 2.33 bits per heavy atom. The largest absolute Gasteiger partial charge is 0.312 e. The standard InChI is InChI=1S/C11H24N2.C2H6/c1-5-13-8-6-7-12-10(9-13)11(2,3)4;1-2/h10,12H,5-9H2,1-4H3;1-2H3/t10-;/m1./s1. The van der Waals surface area contributed by atoms with Gasteiger partial charge in [-0.1, -0.05) is 41.5 Å². The fraction of sp³-hybridized carbons (Fsp3) is 1.00. The molecule has 1 rings (SSSR count). The van der Waals surface area contributed by atoms with Crippen LogP contribution in [0.5, 0.6) is 0 Å². The first kappa shape index (κ1) is 14.9. The molecule has 92 valence electrons. The molecule has 0 unspecified atom stereocenters. The van der Waals surface area contributed by atoms with Crippen molar-refractivity contribution in [3.05, 3.63) is 0 Å². The average Bonchev–Trinajstić information content (AvgIpc) is 2.44. The molecular formula is C13H30N2. The molecule has 0 aromatic rings. The maximum Gasteiger partial charge on any atom is 0.0243 e. The second-order valence-electron chi connectivity index (χ2n) is 5.12. The lowest BCUT2D eigenvalue weighted by Gasteiger charge is -2.33. The highest BCUT2D eigenvalue weighted by Crippen LogP contribution is 2.21. The minimum absolute atomic E-state index is 0.387. The summed E-state index contributed by atoms with van der Waals surface area (Å²) < 4.78 is 0. The smallest absolute Gasteiger partial charge is 0.0243 e. The molecule has 2 heteroatoms. The Hall–Kier alpha value is -0.0800. The third-order valence-corrected chi connectivity index (χ3v) is 2.98. The third-order valence-electron chi connectivity index (χ3n) is 2.98. The van der Waals surface area contributed by atoms with Crippen LogP contribution < -0.4 is 5.32 Å². The SMILES string of the molecule is CC.CCN1CCCN[C@@H](C(C)(C)C)C1. The summed E-state index contributed by atoms with van der Waals surface area (Å²) >= 11 is 0. The molecule has 1 heterocycles. The minimum Gasteiger partial charge on any atom is -0.312 e. The van der Waals surface area contributed by atoms with Crippen LogP contribution in [0, 0.1) is 5.41 Å². The fourth-order valence-electron chi connectivity index (χ4n) is 1.86. The van der Waals surface area contributed by atoms with E-state index in [2.05, 4.69) is 37.9 Å². The van der Waals surface area contributed by atoms with Crippen LogP contribution in [-0.2, 0) is 0 Å². The topological polar surface area (TPSA) is 15.3 Å². The molecule has 1 saturated heterocycles. The quantitative estimate of drug-likeness (QED) is 0.722. The molecular weight excluding hydrogens is 184 g/mol. The van der Waals surface area contributed by atoms with Crippen molar-refractivity contribution in [3.63, 3.8) is 0 Å². The number of rotatable bonds is 1. The van der Waals surface area contributed by atoms with Crippen molar-refractivity contribution in [3.8, 4) is 0 Å². The van der Waals surface area contributed by atoms with Gasteiger partial charge in [0.1, 0.15) is 0 Å². The Bertz CT molecular complexity index is 149. The molecule has 2 nitrogen and oxygen atoms in total. The normalized spacial score (nSPS) is 24.0. The molecule has 0 saturated carbocycles. The van der Waals surface area contributed by atoms with Gasteiger partial charge in [-0.15, -0.1) is 0 Å². The van der Waals surface area contributed by atoms with Crippen LogP contribution >= 0.6 is 0 Å². The van der Waals surface area contributed by atoms with Gasteiger partial charge in [-0.25, -0.2) is 0 Å². The molecule has 0 aromatic heterocycles. The lowest BCUT2D eigenvalue weighted by molar-refractivity contribution is 0.203. The summed E-state index contributed by atoms with van der Waals surface area (Å²) in [6.07, 6.45) is 1.29. The Labute approximate surface area is 96.4 Å². The average molecular weight is 214 g/mol. The van der Waals surface area contributed by atoms with Gasteiger partial charge < -0.3 is 10.2 Å². The molecule has 15 heavy (non-hydrogen) atoms. The zero-order chi connectivity index (χ0) is 11.9. The highest BCUT2D eigenvalue weighted by molar-refractivity contribution is 4.85. The Kier molecular flexibility index (Phi) is 7.20. The number of hydrogen-bond acceptors (Lipinski definition) is 2. The van der Waals surface area contributed by atoms with Crippen LogP contribution in [0.2, 0.25) is 0 Å². The molecule has 0 aliphatic carbocycles. The van der Waals surface area contributed by atoms with E-state index in [0.717, 1.165) is 0 Å². The molecule has 1 atom stereocenters. The van der Waals surface area contributed by atoms with Crippen LogP contribution in [0.1, 0.15) is 48.0 Å². The molecule has 0 aromatic carbocycles. The summed E-state index contributed by atoms with van der Waals surface area (Å²) in [6, 6.07) is 0.648. The molecule has 1 fully saturated rings. The van der Waals surface area contributed by atoms with Crippen LogP contribution in [0.25, 0.3) is 0 Å². The van der Waals surface area contributed by atoms with E-state index in [4.69, 9.17) is 0 Å². The zero-order valence-electron chi connectivity index (χ0n) is 11.6. The molecule has 0 amide bonds. The highest BCUT2D eigenvalue weighted by atomic mass is 15.2. The van der Waals surface area contributed by atoms with E-state index >= 15 is 0 Å². The molecule has 0 bridgehead atoms. The van der Waals surface area contributed by atoms with Crippen LogP contribution in [0.3, 0.4) is 0 Å². The van der Waals surface area contributed by atoms with Gasteiger partial charge in [0.25, 0.3) is 0 Å². The summed E-state index contributed by atoms with van der Waals surface area (Å²) in [5.41, 5.74) is 0.387. The monoisotopic (exact) mass is 214 g/mol. The van der Waals surface area contributed by atoms with Gasteiger partial charge in [-0.05, 0) is 31.5 Å². The number of likely N-dealkylation sites (N-methyl/N-ethyl adjacent to an activating group) is 1. The van der Waals surface area contributed by atoms with Crippen LogP contribution in [-0.4, -0.2) is 37.1 Å². The first-order valence-electron chi connectivity index (χ1n) is 6.49. The second kappa shape index (κ2) is 7.24. The van der Waals surface area contributed by atoms with Crippen molar-refractivity contribution in [2.75, 3.05) is 26.2 Å². The number of nitrogens with zero attached hydrogens (tertiary/aromatic N) is 1. The van der Waals surface area contributed by atoms with Gasteiger partial charge in [0.2, 0.25) is 0 Å². The lowest BCUT2D eigenvalue weighted by Crippen LogP contribution is -2.46. The van der Waals surface area contributed by atoms with Crippen LogP contribution in [0.15, 0.2) is 0 Å². The molecule has 0 spiro atoms. The highest BCUT2D eigenvalue weighted by Gasteiger charge is 2.27. The van der Waals surface area contributed by atoms with E-state index in [0.29, 0.717) is 11.5 Å². The number of hydrogen-bond donors (Lipinski definition) is 1. The molecule has 1 aliphatic heterocycles. The van der Waals surface area contributed by atoms with Crippen molar-refractivity contribution < 1.29 is 0 Å². The van der Waals surface area contributed by atoms with Gasteiger partial charge in [0.05, 0.1) is 0 Å². The van der Waals surface area contributed by atoms with E-state index in [1.807, 2.05) is 13.8 Å². The molecule has 1 N–H and O–H groups in total. The first-order valence-corrected chi connectivity index (χ1v) is 6.49. The van der Waals surface area contributed by atoms with Gasteiger partial charge in [0.15, 0.2) is 0 Å². The number of nitrogens with one attached hydrogen (secondary N) is 1. The van der Waals surface area contributed by atoms with E-state index in [1.165, 1.54) is 32.6 Å². The van der Waals surface area contributed by atoms with Crippen molar-refractivity contribution in [1.82, 2.24) is 10.2 Å². The zero-order valence-corrected chi connectivity index (χ0v) is 11.6. The summed E-state index contributed by atoms with van der Waals surface area (Å²) in [7, 11) is 0. The van der Waals surface area contributed by atoms with Gasteiger partial charge in [0, 0.05) is 12.6 Å². The Balaban J connectivity index is 0.000000921. The minimum atomic E-state index is 0.387. The summed E-state index contributed by atoms with van der Waals surface area (Å²) in [6.45, 7) is 18.1. The van der Waals surface area contributed by atoms with Crippen molar-refractivity contribution in [2.24, 2.45) is 5.41 Å². The van der Waals surface area contributed by atoms with Gasteiger partial charge >= 0.3 is 0 Å². The van der Waals surface area contributed by atoms with E-state index in [1.54, 1.807) is 0 Å². The summed E-state index contributed by atoms with van der Waals surface area (Å²) in [4.78, 5) is 2.55. The fourth-order valence-corrected chi connectivity index (χ4v) is 1.86. The maximum atomic E-state index is 3.64. The Morgan fingerprint density at radius 1 is 1.27 bits per heavy atom. The Morgan fingerprint density at radius 2 is 1.87 bits per heavy atom. The summed E-state index contributed by atoms with van der Waals surface area (Å²) in [5, 5.41) is 3.64. The predicted molar refractivity (Wildman–Crippen MR) is 69.3 cm³/mol. The van der Waals surface area contributed by atoms with E-state index in [9.17, 15) is 0 Å². The van der Waals surface area contributed by atoms with Crippen molar-refractivity contribution in [2.45, 2.75) is 54.0 Å². The van der Waals surface area contributed by atoms with Crippen molar-refractivity contribution in [1.29, 1.82) is 0 Å². The van der Waals surface area contributed by atoms with Crippen LogP contribution in [0.4, 0.5) is 0 Å². The summed E-state index contributed by atoms with van der Waals surface area (Å²) in [5.74, 6) is 0. The van der Waals surface area contributed by atoms with Crippen molar-refractivity contribution >= 4 is 0 Å². The van der Waals surface area contributed by atoms with E-state index in [-0.39, 0.29) is 0 Å².